The van der Waals surface area contributed by atoms with Crippen LogP contribution in [-0.2, 0) is 11.2 Å². The molecule has 3 aromatic rings. The maximum atomic E-state index is 14.1. The lowest BCUT2D eigenvalue weighted by Gasteiger charge is -2.52. The highest BCUT2D eigenvalue weighted by atomic mass is 32.1. The first kappa shape index (κ1) is 23.9. The van der Waals surface area contributed by atoms with Gasteiger partial charge in [-0.15, -0.1) is 10.2 Å². The van der Waals surface area contributed by atoms with E-state index >= 15 is 0 Å². The smallest absolute Gasteiger partial charge is 0.278 e. The molecule has 1 aromatic carbocycles. The van der Waals surface area contributed by atoms with Crippen molar-refractivity contribution in [2.75, 3.05) is 11.6 Å². The van der Waals surface area contributed by atoms with Crippen molar-refractivity contribution >= 4 is 17.2 Å². The van der Waals surface area contributed by atoms with Crippen molar-refractivity contribution in [2.24, 2.45) is 0 Å². The quantitative estimate of drug-likeness (QED) is 0.551. The van der Waals surface area contributed by atoms with Crippen molar-refractivity contribution in [1.82, 2.24) is 19.8 Å². The van der Waals surface area contributed by atoms with Gasteiger partial charge in [-0.25, -0.2) is 13.2 Å². The summed E-state index contributed by atoms with van der Waals surface area (Å²) in [6, 6.07) is 0.955. The Hall–Kier alpha value is -3.45. The SMILES string of the molecule is CC(C)N1C(=O)c2c(O)c(=O)c(-c3nnc(Cc4c(F)cc(F)cc4F)s3)cn2N2C[C@@H]3CC[C@@H](O3)[C@@H]12. The molecule has 0 saturated carbocycles. The number of rotatable bonds is 4. The fourth-order valence-electron chi connectivity index (χ4n) is 5.39. The molecular weight excluding hydrogens is 511 g/mol. The van der Waals surface area contributed by atoms with Crippen LogP contribution in [0.3, 0.4) is 0 Å². The Labute approximate surface area is 212 Å². The standard InChI is InChI=1S/C24H22F3N5O4S/c1-10(2)32-23-17-4-3-12(36-17)8-31(23)30-9-14(20(33)21(34)19(30)24(32)35)22-29-28-18(37-22)7-13-15(26)5-11(25)6-16(13)27/h5-6,9-10,12,17,23,34H,3-4,7-8H2,1-2H3/t12-,17+,23+/m0/s1. The van der Waals surface area contributed by atoms with Gasteiger partial charge < -0.3 is 14.7 Å². The zero-order chi connectivity index (χ0) is 26.2. The lowest BCUT2D eigenvalue weighted by atomic mass is 10.1. The number of halogens is 3. The zero-order valence-corrected chi connectivity index (χ0v) is 20.6. The molecule has 2 aromatic heterocycles. The second kappa shape index (κ2) is 8.55. The van der Waals surface area contributed by atoms with Gasteiger partial charge in [0, 0.05) is 36.4 Å². The molecule has 2 saturated heterocycles. The maximum absolute atomic E-state index is 14.1. The van der Waals surface area contributed by atoms with Crippen LogP contribution < -0.4 is 10.4 Å². The van der Waals surface area contributed by atoms with Crippen LogP contribution in [0.25, 0.3) is 10.6 Å². The van der Waals surface area contributed by atoms with Crippen LogP contribution in [-0.4, -0.2) is 61.7 Å². The number of aromatic nitrogens is 3. The van der Waals surface area contributed by atoms with Gasteiger partial charge in [0.1, 0.15) is 28.6 Å². The number of carbonyl (C=O) groups is 1. The summed E-state index contributed by atoms with van der Waals surface area (Å²) in [5, 5.41) is 21.1. The van der Waals surface area contributed by atoms with Crippen molar-refractivity contribution in [2.45, 2.75) is 57.5 Å². The van der Waals surface area contributed by atoms with Crippen LogP contribution in [0.4, 0.5) is 13.2 Å². The van der Waals surface area contributed by atoms with Crippen molar-refractivity contribution in [1.29, 1.82) is 0 Å². The number of fused-ring (bicyclic) bond motifs is 6. The first-order chi connectivity index (χ1) is 17.6. The average molecular weight is 534 g/mol. The molecule has 13 heteroatoms. The van der Waals surface area contributed by atoms with E-state index in [0.29, 0.717) is 18.7 Å². The summed E-state index contributed by atoms with van der Waals surface area (Å²) in [5.41, 5.74) is -1.33. The van der Waals surface area contributed by atoms with Gasteiger partial charge in [0.05, 0.1) is 24.3 Å². The van der Waals surface area contributed by atoms with E-state index in [4.69, 9.17) is 4.74 Å². The maximum Gasteiger partial charge on any atom is 0.278 e. The molecule has 9 nitrogen and oxygen atoms in total. The lowest BCUT2D eigenvalue weighted by molar-refractivity contribution is -0.0599. The van der Waals surface area contributed by atoms with Crippen molar-refractivity contribution < 1.29 is 27.8 Å². The predicted octanol–water partition coefficient (Wildman–Crippen LogP) is 2.77. The molecule has 1 amide bonds. The summed E-state index contributed by atoms with van der Waals surface area (Å²) in [6.07, 6.45) is 2.10. The number of pyridine rings is 1. The fourth-order valence-corrected chi connectivity index (χ4v) is 6.24. The van der Waals surface area contributed by atoms with Crippen molar-refractivity contribution in [3.05, 3.63) is 62.3 Å². The third kappa shape index (κ3) is 3.71. The third-order valence-corrected chi connectivity index (χ3v) is 7.98. The lowest BCUT2D eigenvalue weighted by Crippen LogP contribution is -2.69. The van der Waals surface area contributed by atoms with Crippen LogP contribution >= 0.6 is 11.3 Å². The molecule has 2 bridgehead atoms. The number of benzene rings is 1. The number of nitrogens with zero attached hydrogens (tertiary/aromatic N) is 5. The fraction of sp³-hybridized carbons (Fsp3) is 0.417. The highest BCUT2D eigenvalue weighted by molar-refractivity contribution is 7.14. The minimum absolute atomic E-state index is 0.00608. The highest BCUT2D eigenvalue weighted by Gasteiger charge is 2.51. The van der Waals surface area contributed by atoms with E-state index in [-0.39, 0.29) is 51.5 Å². The van der Waals surface area contributed by atoms with Gasteiger partial charge in [-0.1, -0.05) is 11.3 Å². The largest absolute Gasteiger partial charge is 0.502 e. The van der Waals surface area contributed by atoms with Gasteiger partial charge in [0.25, 0.3) is 5.91 Å². The molecule has 37 heavy (non-hydrogen) atoms. The van der Waals surface area contributed by atoms with E-state index in [1.165, 1.54) is 10.9 Å². The Morgan fingerprint density at radius 3 is 2.59 bits per heavy atom. The molecule has 0 unspecified atom stereocenters. The van der Waals surface area contributed by atoms with Crippen molar-refractivity contribution in [3.63, 3.8) is 0 Å². The van der Waals surface area contributed by atoms with Gasteiger partial charge >= 0.3 is 0 Å². The van der Waals surface area contributed by atoms with Crippen LogP contribution in [0.2, 0.25) is 0 Å². The first-order valence-corrected chi connectivity index (χ1v) is 12.7. The van der Waals surface area contributed by atoms with Gasteiger partial charge in [-0.2, -0.15) is 0 Å². The number of ether oxygens (including phenoxy) is 1. The number of aromatic hydroxyl groups is 1. The number of morpholine rings is 1. The van der Waals surface area contributed by atoms with Crippen LogP contribution in [0.1, 0.15) is 47.7 Å². The van der Waals surface area contributed by atoms with Gasteiger partial charge in [-0.05, 0) is 26.7 Å². The number of hydrogen-bond donors (Lipinski definition) is 1. The second-order valence-corrected chi connectivity index (χ2v) is 10.7. The Morgan fingerprint density at radius 2 is 1.89 bits per heavy atom. The highest BCUT2D eigenvalue weighted by Crippen LogP contribution is 2.38. The number of amides is 1. The summed E-state index contributed by atoms with van der Waals surface area (Å²) < 4.78 is 49.1. The van der Waals surface area contributed by atoms with Gasteiger partial charge in [0.2, 0.25) is 5.43 Å². The monoisotopic (exact) mass is 533 g/mol. The zero-order valence-electron chi connectivity index (χ0n) is 19.8. The van der Waals surface area contributed by atoms with Gasteiger partial charge in [0.15, 0.2) is 16.5 Å². The summed E-state index contributed by atoms with van der Waals surface area (Å²) >= 11 is 0.913. The normalized spacial score (nSPS) is 22.5. The van der Waals surface area contributed by atoms with Crippen LogP contribution in [0.5, 0.6) is 5.75 Å². The second-order valence-electron chi connectivity index (χ2n) is 9.66. The molecule has 0 spiro atoms. The van der Waals surface area contributed by atoms with E-state index in [1.807, 2.05) is 18.9 Å². The molecule has 3 aliphatic rings. The molecule has 6 rings (SSSR count). The van der Waals surface area contributed by atoms with E-state index in [9.17, 15) is 27.9 Å². The van der Waals surface area contributed by atoms with Crippen LogP contribution in [0, 0.1) is 17.5 Å². The topological polar surface area (TPSA) is 101 Å². The van der Waals surface area contributed by atoms with E-state index in [2.05, 4.69) is 10.2 Å². The Morgan fingerprint density at radius 1 is 1.16 bits per heavy atom. The average Bonchev–Trinajstić information content (AvgIpc) is 3.45. The Bertz CT molecular complexity index is 1470. The summed E-state index contributed by atoms with van der Waals surface area (Å²) in [7, 11) is 0. The molecule has 194 valence electrons. The van der Waals surface area contributed by atoms with E-state index in [1.54, 1.807) is 4.90 Å². The summed E-state index contributed by atoms with van der Waals surface area (Å²) in [4.78, 5) is 28.3. The van der Waals surface area contributed by atoms with Gasteiger partial charge in [-0.3, -0.25) is 19.3 Å². The molecule has 2 fully saturated rings. The molecule has 0 radical (unpaired) electrons. The summed E-state index contributed by atoms with van der Waals surface area (Å²) in [5.74, 6) is -4.33. The first-order valence-electron chi connectivity index (χ1n) is 11.8. The van der Waals surface area contributed by atoms with E-state index in [0.717, 1.165) is 24.2 Å². The summed E-state index contributed by atoms with van der Waals surface area (Å²) in [6.45, 7) is 4.19. The van der Waals surface area contributed by atoms with Crippen LogP contribution in [0.15, 0.2) is 23.1 Å². The molecule has 1 N–H and O–H groups in total. The Balaban J connectivity index is 1.43. The van der Waals surface area contributed by atoms with E-state index < -0.39 is 40.7 Å². The minimum Gasteiger partial charge on any atom is -0.502 e. The third-order valence-electron chi connectivity index (χ3n) is 7.02. The molecule has 3 aliphatic heterocycles. The number of hydrogen-bond acceptors (Lipinski definition) is 8. The molecule has 3 atom stereocenters. The minimum atomic E-state index is -1.05. The molecular formula is C24H22F3N5O4S. The number of carbonyl (C=O) groups excluding carboxylic acids is 1. The predicted molar refractivity (Wildman–Crippen MR) is 126 cm³/mol. The molecule has 0 aliphatic carbocycles. The molecule has 5 heterocycles. The Kier molecular flexibility index (Phi) is 5.53. The van der Waals surface area contributed by atoms with Crippen molar-refractivity contribution in [3.8, 4) is 16.3 Å².